The van der Waals surface area contributed by atoms with Crippen LogP contribution in [0.3, 0.4) is 0 Å². The molecule has 0 spiro atoms. The first-order valence-corrected chi connectivity index (χ1v) is 7.48. The molecule has 2 aromatic heterocycles. The van der Waals surface area contributed by atoms with Gasteiger partial charge in [0.25, 0.3) is 5.56 Å². The lowest BCUT2D eigenvalue weighted by Gasteiger charge is -2.20. The number of nitrogen functional groups attached to an aromatic ring is 1. The summed E-state index contributed by atoms with van der Waals surface area (Å²) >= 11 is 0. The van der Waals surface area contributed by atoms with E-state index >= 15 is 0 Å². The number of fused-ring (bicyclic) bond motifs is 1. The van der Waals surface area contributed by atoms with E-state index < -0.39 is 11.5 Å². The maximum Gasteiger partial charge on any atom is 0.335 e. The third-order valence-corrected chi connectivity index (χ3v) is 3.61. The largest absolute Gasteiger partial charge is 0.478 e. The summed E-state index contributed by atoms with van der Waals surface area (Å²) in [6.07, 6.45) is 1.40. The topological polar surface area (TPSA) is 155 Å². The number of aromatic amines is 1. The molecule has 26 heavy (non-hydrogen) atoms. The SMILES string of the molecule is CC(=O)N(Cc1cnc2nc(N)[nH]c(=O)c2n1)c1ccc(C(=O)O)cc1. The molecule has 1 amide bonds. The molecule has 10 heteroatoms. The molecule has 4 N–H and O–H groups in total. The van der Waals surface area contributed by atoms with E-state index in [4.69, 9.17) is 10.8 Å². The molecule has 132 valence electrons. The van der Waals surface area contributed by atoms with Crippen molar-refractivity contribution in [1.29, 1.82) is 0 Å². The zero-order chi connectivity index (χ0) is 18.8. The predicted molar refractivity (Wildman–Crippen MR) is 92.6 cm³/mol. The van der Waals surface area contributed by atoms with Crippen molar-refractivity contribution in [3.63, 3.8) is 0 Å². The summed E-state index contributed by atoms with van der Waals surface area (Å²) in [6.45, 7) is 1.42. The number of aromatic carboxylic acids is 1. The van der Waals surface area contributed by atoms with E-state index in [1.807, 2.05) is 0 Å². The van der Waals surface area contributed by atoms with E-state index in [2.05, 4.69) is 19.9 Å². The fourth-order valence-electron chi connectivity index (χ4n) is 2.38. The molecule has 2 heterocycles. The lowest BCUT2D eigenvalue weighted by atomic mass is 10.2. The first-order chi connectivity index (χ1) is 12.3. The number of amides is 1. The second kappa shape index (κ2) is 6.59. The molecular formula is C16H14N6O4. The second-order valence-electron chi connectivity index (χ2n) is 5.44. The van der Waals surface area contributed by atoms with Crippen molar-refractivity contribution < 1.29 is 14.7 Å². The van der Waals surface area contributed by atoms with E-state index in [0.717, 1.165) is 0 Å². The number of nitrogens with one attached hydrogen (secondary N) is 1. The van der Waals surface area contributed by atoms with Crippen molar-refractivity contribution in [3.8, 4) is 0 Å². The number of hydrogen-bond acceptors (Lipinski definition) is 7. The molecule has 1 aromatic carbocycles. The number of anilines is 2. The number of nitrogens with two attached hydrogens (primary N) is 1. The van der Waals surface area contributed by atoms with E-state index in [0.29, 0.717) is 11.4 Å². The summed E-state index contributed by atoms with van der Waals surface area (Å²) in [4.78, 5) is 50.7. The van der Waals surface area contributed by atoms with E-state index in [9.17, 15) is 14.4 Å². The Hall–Kier alpha value is -3.82. The van der Waals surface area contributed by atoms with E-state index in [1.165, 1.54) is 42.3 Å². The van der Waals surface area contributed by atoms with Gasteiger partial charge in [0.15, 0.2) is 11.2 Å². The van der Waals surface area contributed by atoms with Crippen LogP contribution in [0.4, 0.5) is 11.6 Å². The fraction of sp³-hybridized carbons (Fsp3) is 0.125. The van der Waals surface area contributed by atoms with Gasteiger partial charge < -0.3 is 15.7 Å². The number of nitrogens with zero attached hydrogens (tertiary/aromatic N) is 4. The fourth-order valence-corrected chi connectivity index (χ4v) is 2.38. The number of benzene rings is 1. The zero-order valence-corrected chi connectivity index (χ0v) is 13.6. The first-order valence-electron chi connectivity index (χ1n) is 7.48. The van der Waals surface area contributed by atoms with Crippen LogP contribution >= 0.6 is 0 Å². The van der Waals surface area contributed by atoms with Gasteiger partial charge in [-0.3, -0.25) is 14.6 Å². The van der Waals surface area contributed by atoms with Crippen LogP contribution in [0.2, 0.25) is 0 Å². The van der Waals surface area contributed by atoms with E-state index in [-0.39, 0.29) is 35.1 Å². The van der Waals surface area contributed by atoms with Crippen molar-refractivity contribution in [2.75, 3.05) is 10.6 Å². The average Bonchev–Trinajstić information content (AvgIpc) is 2.59. The van der Waals surface area contributed by atoms with Crippen LogP contribution in [0.25, 0.3) is 11.2 Å². The molecule has 0 atom stereocenters. The highest BCUT2D eigenvalue weighted by atomic mass is 16.4. The van der Waals surface area contributed by atoms with E-state index in [1.54, 1.807) is 0 Å². The molecule has 0 aliphatic carbocycles. The maximum atomic E-state index is 12.0. The maximum absolute atomic E-state index is 12.0. The van der Waals surface area contributed by atoms with Crippen molar-refractivity contribution in [2.45, 2.75) is 13.5 Å². The number of aromatic nitrogens is 4. The number of rotatable bonds is 4. The van der Waals surface area contributed by atoms with Crippen LogP contribution in [0.5, 0.6) is 0 Å². The summed E-state index contributed by atoms with van der Waals surface area (Å²) in [7, 11) is 0. The first kappa shape index (κ1) is 17.0. The summed E-state index contributed by atoms with van der Waals surface area (Å²) in [5, 5.41) is 8.96. The summed E-state index contributed by atoms with van der Waals surface area (Å²) < 4.78 is 0. The van der Waals surface area contributed by atoms with Crippen molar-refractivity contribution >= 4 is 34.7 Å². The number of H-pyrrole nitrogens is 1. The minimum absolute atomic E-state index is 0.0152. The third kappa shape index (κ3) is 3.34. The minimum atomic E-state index is -1.06. The Labute approximate surface area is 146 Å². The molecular weight excluding hydrogens is 340 g/mol. The van der Waals surface area contributed by atoms with Gasteiger partial charge in [-0.2, -0.15) is 4.98 Å². The highest BCUT2D eigenvalue weighted by Gasteiger charge is 2.15. The highest BCUT2D eigenvalue weighted by Crippen LogP contribution is 2.18. The molecule has 0 saturated heterocycles. The van der Waals surface area contributed by atoms with Gasteiger partial charge in [-0.05, 0) is 24.3 Å². The van der Waals surface area contributed by atoms with Crippen LogP contribution < -0.4 is 16.2 Å². The van der Waals surface area contributed by atoms with Gasteiger partial charge in [-0.25, -0.2) is 14.8 Å². The van der Waals surface area contributed by atoms with Crippen LogP contribution in [-0.2, 0) is 11.3 Å². The molecule has 3 aromatic rings. The van der Waals surface area contributed by atoms with Crippen molar-refractivity contribution in [1.82, 2.24) is 19.9 Å². The van der Waals surface area contributed by atoms with Gasteiger partial charge in [0.2, 0.25) is 11.9 Å². The summed E-state index contributed by atoms with van der Waals surface area (Å²) in [5.74, 6) is -1.40. The normalized spacial score (nSPS) is 10.7. The molecule has 10 nitrogen and oxygen atoms in total. The summed E-state index contributed by atoms with van der Waals surface area (Å²) in [6, 6.07) is 5.84. The molecule has 0 unspecified atom stereocenters. The Morgan fingerprint density at radius 1 is 1.23 bits per heavy atom. The number of carboxylic acids is 1. The zero-order valence-electron chi connectivity index (χ0n) is 13.6. The lowest BCUT2D eigenvalue weighted by molar-refractivity contribution is -0.116. The van der Waals surface area contributed by atoms with Gasteiger partial charge >= 0.3 is 5.97 Å². The molecule has 0 bridgehead atoms. The number of carbonyl (C=O) groups excluding carboxylic acids is 1. The lowest BCUT2D eigenvalue weighted by Crippen LogP contribution is -2.28. The Morgan fingerprint density at radius 3 is 2.54 bits per heavy atom. The smallest absolute Gasteiger partial charge is 0.335 e. The monoisotopic (exact) mass is 354 g/mol. The predicted octanol–water partition coefficient (Wildman–Crippen LogP) is 0.547. The van der Waals surface area contributed by atoms with Gasteiger partial charge in [-0.1, -0.05) is 0 Å². The minimum Gasteiger partial charge on any atom is -0.478 e. The van der Waals surface area contributed by atoms with Gasteiger partial charge in [0, 0.05) is 12.6 Å². The molecule has 0 fully saturated rings. The van der Waals surface area contributed by atoms with Crippen LogP contribution in [-0.4, -0.2) is 36.9 Å². The van der Waals surface area contributed by atoms with Gasteiger partial charge in [-0.15, -0.1) is 0 Å². The number of carbonyl (C=O) groups is 2. The number of hydrogen-bond donors (Lipinski definition) is 3. The summed E-state index contributed by atoms with van der Waals surface area (Å²) in [5.41, 5.74) is 6.03. The Kier molecular flexibility index (Phi) is 4.31. The standard InChI is InChI=1S/C16H14N6O4/c1-8(23)22(11-4-2-9(3-5-11)15(25)26)7-10-6-18-13-12(19-10)14(24)21-16(17)20-13/h2-6H,7H2,1H3,(H,25,26)(H3,17,18,20,21,24). The van der Waals surface area contributed by atoms with Crippen LogP contribution in [0.15, 0.2) is 35.3 Å². The Morgan fingerprint density at radius 2 is 1.92 bits per heavy atom. The van der Waals surface area contributed by atoms with Gasteiger partial charge in [0.1, 0.15) is 0 Å². The Bertz CT molecular complexity index is 1060. The molecule has 0 radical (unpaired) electrons. The van der Waals surface area contributed by atoms with Crippen LogP contribution in [0, 0.1) is 0 Å². The number of carboxylic acid groups (broad SMARTS) is 1. The Balaban J connectivity index is 1.95. The third-order valence-electron chi connectivity index (χ3n) is 3.61. The van der Waals surface area contributed by atoms with Crippen molar-refractivity contribution in [2.24, 2.45) is 0 Å². The quantitative estimate of drug-likeness (QED) is 0.613. The molecule has 0 aliphatic heterocycles. The molecule has 0 aliphatic rings. The van der Waals surface area contributed by atoms with Crippen LogP contribution in [0.1, 0.15) is 23.0 Å². The highest BCUT2D eigenvalue weighted by molar-refractivity contribution is 5.93. The van der Waals surface area contributed by atoms with Gasteiger partial charge in [0.05, 0.1) is 24.0 Å². The molecule has 0 saturated carbocycles. The van der Waals surface area contributed by atoms with Crippen molar-refractivity contribution in [3.05, 3.63) is 52.1 Å². The molecule has 3 rings (SSSR count). The second-order valence-corrected chi connectivity index (χ2v) is 5.44. The average molecular weight is 354 g/mol.